The van der Waals surface area contributed by atoms with Crippen molar-refractivity contribution < 1.29 is 9.90 Å². The molecule has 2 atom stereocenters. The third kappa shape index (κ3) is 3.33. The molecular weight excluding hydrogens is 324 g/mol. The third-order valence-electron chi connectivity index (χ3n) is 5.17. The van der Waals surface area contributed by atoms with E-state index in [-0.39, 0.29) is 11.9 Å². The van der Waals surface area contributed by atoms with Gasteiger partial charge in [-0.3, -0.25) is 9.78 Å². The highest BCUT2D eigenvalue weighted by atomic mass is 16.3. The van der Waals surface area contributed by atoms with Crippen molar-refractivity contribution in [3.8, 4) is 0 Å². The molecule has 1 N–H and O–H groups in total. The summed E-state index contributed by atoms with van der Waals surface area (Å²) in [5.74, 6) is 0.0403. The van der Waals surface area contributed by atoms with E-state index in [1.807, 2.05) is 65.6 Å². The maximum Gasteiger partial charge on any atom is 0.254 e. The molecule has 3 aromatic rings. The molecule has 4 rings (SSSR count). The third-order valence-corrected chi connectivity index (χ3v) is 5.17. The number of amides is 1. The number of aliphatic hydroxyl groups is 1. The lowest BCUT2D eigenvalue weighted by molar-refractivity contribution is 0.0667. The van der Waals surface area contributed by atoms with E-state index in [2.05, 4.69) is 4.98 Å². The number of hydrogen-bond acceptors (Lipinski definition) is 3. The molecule has 1 saturated heterocycles. The summed E-state index contributed by atoms with van der Waals surface area (Å²) in [5.41, 5.74) is 2.48. The fourth-order valence-corrected chi connectivity index (χ4v) is 3.79. The largest absolute Gasteiger partial charge is 0.388 e. The molecule has 4 heteroatoms. The van der Waals surface area contributed by atoms with Crippen LogP contribution < -0.4 is 0 Å². The monoisotopic (exact) mass is 346 g/mol. The lowest BCUT2D eigenvalue weighted by Crippen LogP contribution is -2.36. The van der Waals surface area contributed by atoms with Crippen LogP contribution in [-0.2, 0) is 0 Å². The molecule has 0 radical (unpaired) electrons. The average Bonchev–Trinajstić information content (AvgIpc) is 3.15. The zero-order chi connectivity index (χ0) is 17.9. The summed E-state index contributed by atoms with van der Waals surface area (Å²) >= 11 is 0. The van der Waals surface area contributed by atoms with Gasteiger partial charge in [0, 0.05) is 29.7 Å². The molecular formula is C22H22N2O2. The molecule has 0 saturated carbocycles. The number of carbonyl (C=O) groups is 1. The molecule has 2 heterocycles. The van der Waals surface area contributed by atoms with E-state index in [4.69, 9.17) is 0 Å². The average molecular weight is 346 g/mol. The Bertz CT molecular complexity index is 910. The van der Waals surface area contributed by atoms with Crippen molar-refractivity contribution in [2.24, 2.45) is 0 Å². The van der Waals surface area contributed by atoms with E-state index in [9.17, 15) is 9.90 Å². The van der Waals surface area contributed by atoms with Gasteiger partial charge in [0.15, 0.2) is 0 Å². The summed E-state index contributed by atoms with van der Waals surface area (Å²) in [7, 11) is 0. The number of benzene rings is 2. The van der Waals surface area contributed by atoms with Crippen LogP contribution in [0, 0.1) is 0 Å². The maximum atomic E-state index is 13.0. The Morgan fingerprint density at radius 1 is 1.15 bits per heavy atom. The maximum absolute atomic E-state index is 13.0. The summed E-state index contributed by atoms with van der Waals surface area (Å²) in [6.07, 6.45) is 3.70. The number of aromatic nitrogens is 1. The van der Waals surface area contributed by atoms with Gasteiger partial charge in [0.1, 0.15) is 0 Å². The second-order valence-corrected chi connectivity index (χ2v) is 6.87. The Labute approximate surface area is 153 Å². The highest BCUT2D eigenvalue weighted by Crippen LogP contribution is 2.29. The minimum absolute atomic E-state index is 0.0403. The standard InChI is InChI=1S/C22H22N2O2/c25-21(16-6-2-1-3-7-16)15-19-9-5-13-24(19)22(26)18-10-11-20-17(14-18)8-4-12-23-20/h1-4,6-8,10-12,14,19,21,25H,5,9,13,15H2. The lowest BCUT2D eigenvalue weighted by atomic mass is 10.00. The van der Waals surface area contributed by atoms with Gasteiger partial charge >= 0.3 is 0 Å². The number of fused-ring (bicyclic) bond motifs is 1. The molecule has 1 fully saturated rings. The van der Waals surface area contributed by atoms with Crippen LogP contribution in [0.2, 0.25) is 0 Å². The number of hydrogen-bond donors (Lipinski definition) is 1. The molecule has 132 valence electrons. The molecule has 2 unspecified atom stereocenters. The highest BCUT2D eigenvalue weighted by Gasteiger charge is 2.31. The molecule has 1 aromatic heterocycles. The fourth-order valence-electron chi connectivity index (χ4n) is 3.79. The first-order valence-electron chi connectivity index (χ1n) is 9.11. The fraction of sp³-hybridized carbons (Fsp3) is 0.273. The van der Waals surface area contributed by atoms with Crippen LogP contribution >= 0.6 is 0 Å². The normalized spacial score (nSPS) is 18.2. The van der Waals surface area contributed by atoms with Crippen LogP contribution in [0.5, 0.6) is 0 Å². The molecule has 0 aliphatic carbocycles. The summed E-state index contributed by atoms with van der Waals surface area (Å²) in [6.45, 7) is 0.746. The molecule has 26 heavy (non-hydrogen) atoms. The van der Waals surface area contributed by atoms with Crippen molar-refractivity contribution in [2.45, 2.75) is 31.4 Å². The van der Waals surface area contributed by atoms with Crippen molar-refractivity contribution in [1.82, 2.24) is 9.88 Å². The summed E-state index contributed by atoms with van der Waals surface area (Å²) in [6, 6.07) is 19.2. The Kier molecular flexibility index (Phi) is 4.67. The zero-order valence-corrected chi connectivity index (χ0v) is 14.6. The van der Waals surface area contributed by atoms with Crippen LogP contribution in [0.25, 0.3) is 10.9 Å². The van der Waals surface area contributed by atoms with E-state index in [1.165, 1.54) is 0 Å². The first kappa shape index (κ1) is 16.7. The quantitative estimate of drug-likeness (QED) is 0.778. The smallest absolute Gasteiger partial charge is 0.254 e. The molecule has 2 aromatic carbocycles. The number of pyridine rings is 1. The summed E-state index contributed by atoms with van der Waals surface area (Å²) in [4.78, 5) is 19.3. The second-order valence-electron chi connectivity index (χ2n) is 6.87. The van der Waals surface area contributed by atoms with E-state index in [0.29, 0.717) is 12.0 Å². The van der Waals surface area contributed by atoms with Gasteiger partial charge in [0.25, 0.3) is 5.91 Å². The van der Waals surface area contributed by atoms with Crippen molar-refractivity contribution >= 4 is 16.8 Å². The van der Waals surface area contributed by atoms with Gasteiger partial charge in [0.05, 0.1) is 11.6 Å². The lowest BCUT2D eigenvalue weighted by Gasteiger charge is -2.27. The van der Waals surface area contributed by atoms with Gasteiger partial charge in [-0.05, 0) is 49.1 Å². The van der Waals surface area contributed by atoms with Gasteiger partial charge in [0.2, 0.25) is 0 Å². The van der Waals surface area contributed by atoms with Gasteiger partial charge in [-0.1, -0.05) is 36.4 Å². The minimum Gasteiger partial charge on any atom is -0.388 e. The SMILES string of the molecule is O=C(c1ccc2ncccc2c1)N1CCCC1CC(O)c1ccccc1. The minimum atomic E-state index is -0.546. The van der Waals surface area contributed by atoms with Crippen molar-refractivity contribution in [3.05, 3.63) is 78.0 Å². The first-order chi connectivity index (χ1) is 12.7. The Hall–Kier alpha value is -2.72. The zero-order valence-electron chi connectivity index (χ0n) is 14.6. The van der Waals surface area contributed by atoms with E-state index in [1.54, 1.807) is 6.20 Å². The number of nitrogens with zero attached hydrogens (tertiary/aromatic N) is 2. The predicted octanol–water partition coefficient (Wildman–Crippen LogP) is 3.96. The Morgan fingerprint density at radius 2 is 2.00 bits per heavy atom. The number of carbonyl (C=O) groups excluding carboxylic acids is 1. The van der Waals surface area contributed by atoms with Gasteiger partial charge in [-0.25, -0.2) is 0 Å². The molecule has 4 nitrogen and oxygen atoms in total. The van der Waals surface area contributed by atoms with Gasteiger partial charge < -0.3 is 10.0 Å². The van der Waals surface area contributed by atoms with Gasteiger partial charge in [-0.15, -0.1) is 0 Å². The number of aliphatic hydroxyl groups excluding tert-OH is 1. The van der Waals surface area contributed by atoms with Crippen LogP contribution in [0.1, 0.15) is 41.3 Å². The summed E-state index contributed by atoms with van der Waals surface area (Å²) < 4.78 is 0. The van der Waals surface area contributed by atoms with Crippen LogP contribution in [0.4, 0.5) is 0 Å². The first-order valence-corrected chi connectivity index (χ1v) is 9.11. The van der Waals surface area contributed by atoms with Gasteiger partial charge in [-0.2, -0.15) is 0 Å². The number of likely N-dealkylation sites (tertiary alicyclic amines) is 1. The van der Waals surface area contributed by atoms with E-state index < -0.39 is 6.10 Å². The molecule has 1 aliphatic rings. The second kappa shape index (κ2) is 7.26. The predicted molar refractivity (Wildman–Crippen MR) is 102 cm³/mol. The number of rotatable bonds is 4. The van der Waals surface area contributed by atoms with Crippen molar-refractivity contribution in [3.63, 3.8) is 0 Å². The summed E-state index contributed by atoms with van der Waals surface area (Å²) in [5, 5.41) is 11.5. The van der Waals surface area contributed by atoms with Crippen LogP contribution in [0.15, 0.2) is 66.9 Å². The highest BCUT2D eigenvalue weighted by molar-refractivity contribution is 5.98. The van der Waals surface area contributed by atoms with Crippen LogP contribution in [-0.4, -0.2) is 33.5 Å². The molecule has 0 spiro atoms. The molecule has 1 amide bonds. The van der Waals surface area contributed by atoms with E-state index in [0.717, 1.165) is 35.9 Å². The molecule has 0 bridgehead atoms. The van der Waals surface area contributed by atoms with Crippen molar-refractivity contribution in [2.75, 3.05) is 6.54 Å². The van der Waals surface area contributed by atoms with Crippen molar-refractivity contribution in [1.29, 1.82) is 0 Å². The van der Waals surface area contributed by atoms with Crippen LogP contribution in [0.3, 0.4) is 0 Å². The topological polar surface area (TPSA) is 53.4 Å². The Morgan fingerprint density at radius 3 is 2.85 bits per heavy atom. The molecule has 1 aliphatic heterocycles. The Balaban J connectivity index is 1.52. The van der Waals surface area contributed by atoms with E-state index >= 15 is 0 Å².